The van der Waals surface area contributed by atoms with E-state index in [1.54, 1.807) is 19.3 Å². The molecule has 0 radical (unpaired) electrons. The third-order valence-electron chi connectivity index (χ3n) is 1.38. The van der Waals surface area contributed by atoms with Gasteiger partial charge in [0.05, 0.1) is 6.07 Å². The number of hydrogen-bond donors (Lipinski definition) is 0. The Balaban J connectivity index is 2.92. The molecule has 1 aromatic heterocycles. The summed E-state index contributed by atoms with van der Waals surface area (Å²) in [5, 5.41) is 8.53. The second-order valence-electron chi connectivity index (χ2n) is 2.47. The monoisotopic (exact) mass is 147 g/mol. The van der Waals surface area contributed by atoms with Crippen molar-refractivity contribution in [2.24, 2.45) is 0 Å². The van der Waals surface area contributed by atoms with Gasteiger partial charge in [-0.15, -0.1) is 0 Å². The van der Waals surface area contributed by atoms with Gasteiger partial charge in [-0.25, -0.2) is 9.97 Å². The fourth-order valence-electron chi connectivity index (χ4n) is 0.684. The summed E-state index contributed by atoms with van der Waals surface area (Å²) in [6.07, 6.45) is 3.44. The summed E-state index contributed by atoms with van der Waals surface area (Å²) in [6, 6.07) is 2.08. The van der Waals surface area contributed by atoms with Gasteiger partial charge in [0, 0.05) is 12.4 Å². The number of rotatable bonds is 1. The minimum Gasteiger partial charge on any atom is -0.240 e. The van der Waals surface area contributed by atoms with E-state index in [-0.39, 0.29) is 5.92 Å². The van der Waals surface area contributed by atoms with Crippen LogP contribution >= 0.6 is 0 Å². The van der Waals surface area contributed by atoms with Crippen LogP contribution in [-0.4, -0.2) is 9.97 Å². The number of hydrogen-bond acceptors (Lipinski definition) is 3. The minimum absolute atomic E-state index is 0.212. The van der Waals surface area contributed by atoms with Crippen molar-refractivity contribution in [2.75, 3.05) is 0 Å². The smallest absolute Gasteiger partial charge is 0.145 e. The van der Waals surface area contributed by atoms with E-state index in [1.165, 1.54) is 0 Å². The first-order valence-corrected chi connectivity index (χ1v) is 3.42. The topological polar surface area (TPSA) is 49.6 Å². The number of aryl methyl sites for hydroxylation is 1. The highest BCUT2D eigenvalue weighted by atomic mass is 14.9. The van der Waals surface area contributed by atoms with Gasteiger partial charge >= 0.3 is 0 Å². The predicted octanol–water partition coefficient (Wildman–Crippen LogP) is 1.41. The SMILES string of the molecule is Cc1cnc(C(C)C#N)nc1. The van der Waals surface area contributed by atoms with Crippen LogP contribution in [0.2, 0.25) is 0 Å². The Kier molecular flexibility index (Phi) is 2.17. The van der Waals surface area contributed by atoms with Crippen LogP contribution in [0.4, 0.5) is 0 Å². The highest BCUT2D eigenvalue weighted by Gasteiger charge is 2.04. The zero-order chi connectivity index (χ0) is 8.27. The molecule has 1 rings (SSSR count). The number of nitriles is 1. The third kappa shape index (κ3) is 1.74. The molecule has 1 aromatic rings. The summed E-state index contributed by atoms with van der Waals surface area (Å²) in [6.45, 7) is 3.70. The molecule has 11 heavy (non-hydrogen) atoms. The maximum Gasteiger partial charge on any atom is 0.145 e. The Hall–Kier alpha value is -1.43. The number of aromatic nitrogens is 2. The molecule has 0 spiro atoms. The zero-order valence-electron chi connectivity index (χ0n) is 6.57. The van der Waals surface area contributed by atoms with Crippen molar-refractivity contribution in [3.63, 3.8) is 0 Å². The van der Waals surface area contributed by atoms with Crippen molar-refractivity contribution in [1.29, 1.82) is 5.26 Å². The molecule has 0 fully saturated rings. The van der Waals surface area contributed by atoms with Crippen molar-refractivity contribution >= 4 is 0 Å². The Morgan fingerprint density at radius 3 is 2.45 bits per heavy atom. The summed E-state index contributed by atoms with van der Waals surface area (Å²) in [4.78, 5) is 8.03. The summed E-state index contributed by atoms with van der Waals surface area (Å²) in [5.74, 6) is 0.383. The van der Waals surface area contributed by atoms with E-state index < -0.39 is 0 Å². The molecule has 3 heteroatoms. The van der Waals surface area contributed by atoms with Crippen molar-refractivity contribution in [3.05, 3.63) is 23.8 Å². The molecule has 0 saturated carbocycles. The van der Waals surface area contributed by atoms with Gasteiger partial charge < -0.3 is 0 Å². The molecule has 0 amide bonds. The van der Waals surface area contributed by atoms with Gasteiger partial charge in [0.2, 0.25) is 0 Å². The molecule has 1 unspecified atom stereocenters. The van der Waals surface area contributed by atoms with E-state index in [2.05, 4.69) is 16.0 Å². The van der Waals surface area contributed by atoms with Crippen LogP contribution in [0.5, 0.6) is 0 Å². The van der Waals surface area contributed by atoms with Crippen LogP contribution in [-0.2, 0) is 0 Å². The normalized spacial score (nSPS) is 12.1. The zero-order valence-corrected chi connectivity index (χ0v) is 6.57. The first-order chi connectivity index (χ1) is 5.24. The van der Waals surface area contributed by atoms with Crippen LogP contribution in [0.25, 0.3) is 0 Å². The van der Waals surface area contributed by atoms with E-state index in [0.29, 0.717) is 5.82 Å². The fraction of sp³-hybridized carbons (Fsp3) is 0.375. The van der Waals surface area contributed by atoms with Gasteiger partial charge in [0.25, 0.3) is 0 Å². The van der Waals surface area contributed by atoms with E-state index in [0.717, 1.165) is 5.56 Å². The van der Waals surface area contributed by atoms with Gasteiger partial charge in [-0.1, -0.05) is 0 Å². The van der Waals surface area contributed by atoms with E-state index in [4.69, 9.17) is 5.26 Å². The molecule has 0 bridgehead atoms. The van der Waals surface area contributed by atoms with Gasteiger partial charge in [0.15, 0.2) is 0 Å². The van der Waals surface area contributed by atoms with Crippen molar-refractivity contribution in [2.45, 2.75) is 19.8 Å². The first kappa shape index (κ1) is 7.67. The Morgan fingerprint density at radius 2 is 2.00 bits per heavy atom. The highest BCUT2D eigenvalue weighted by Crippen LogP contribution is 2.06. The van der Waals surface area contributed by atoms with E-state index >= 15 is 0 Å². The lowest BCUT2D eigenvalue weighted by Crippen LogP contribution is -1.97. The van der Waals surface area contributed by atoms with Crippen LogP contribution in [0, 0.1) is 18.3 Å². The van der Waals surface area contributed by atoms with E-state index in [9.17, 15) is 0 Å². The Morgan fingerprint density at radius 1 is 1.45 bits per heavy atom. The van der Waals surface area contributed by atoms with Gasteiger partial charge in [-0.3, -0.25) is 0 Å². The number of nitrogens with zero attached hydrogens (tertiary/aromatic N) is 3. The van der Waals surface area contributed by atoms with Gasteiger partial charge in [0.1, 0.15) is 11.7 Å². The lowest BCUT2D eigenvalue weighted by atomic mass is 10.2. The molecule has 3 nitrogen and oxygen atoms in total. The molecule has 56 valence electrons. The summed E-state index contributed by atoms with van der Waals surface area (Å²) in [7, 11) is 0. The molecule has 0 aliphatic heterocycles. The van der Waals surface area contributed by atoms with Gasteiger partial charge in [-0.05, 0) is 19.4 Å². The maximum atomic E-state index is 8.53. The fourth-order valence-corrected chi connectivity index (χ4v) is 0.684. The molecule has 1 heterocycles. The molecule has 0 saturated heterocycles. The molecule has 0 N–H and O–H groups in total. The Labute approximate surface area is 65.7 Å². The quantitative estimate of drug-likeness (QED) is 0.603. The van der Waals surface area contributed by atoms with Crippen molar-refractivity contribution in [1.82, 2.24) is 9.97 Å². The van der Waals surface area contributed by atoms with E-state index in [1.807, 2.05) is 6.92 Å². The summed E-state index contributed by atoms with van der Waals surface area (Å²) >= 11 is 0. The Bertz CT molecular complexity index is 270. The standard InChI is InChI=1S/C8H9N3/c1-6-4-10-8(11-5-6)7(2)3-9/h4-5,7H,1-2H3. The maximum absolute atomic E-state index is 8.53. The highest BCUT2D eigenvalue weighted by molar-refractivity contribution is 5.09. The molecule has 1 atom stereocenters. The first-order valence-electron chi connectivity index (χ1n) is 3.42. The van der Waals surface area contributed by atoms with Crippen LogP contribution < -0.4 is 0 Å². The second kappa shape index (κ2) is 3.11. The van der Waals surface area contributed by atoms with Crippen LogP contribution in [0.15, 0.2) is 12.4 Å². The van der Waals surface area contributed by atoms with Crippen LogP contribution in [0.3, 0.4) is 0 Å². The van der Waals surface area contributed by atoms with Crippen LogP contribution in [0.1, 0.15) is 24.2 Å². The minimum atomic E-state index is -0.212. The third-order valence-corrected chi connectivity index (χ3v) is 1.38. The summed E-state index contributed by atoms with van der Waals surface area (Å²) in [5.41, 5.74) is 1.01. The predicted molar refractivity (Wildman–Crippen MR) is 40.8 cm³/mol. The van der Waals surface area contributed by atoms with Crippen molar-refractivity contribution < 1.29 is 0 Å². The molecule has 0 aliphatic rings. The largest absolute Gasteiger partial charge is 0.240 e. The van der Waals surface area contributed by atoms with Crippen molar-refractivity contribution in [3.8, 4) is 6.07 Å². The average molecular weight is 147 g/mol. The van der Waals surface area contributed by atoms with Gasteiger partial charge in [-0.2, -0.15) is 5.26 Å². The lowest BCUT2D eigenvalue weighted by Gasteiger charge is -1.98. The summed E-state index contributed by atoms with van der Waals surface area (Å²) < 4.78 is 0. The molecular formula is C8H9N3. The molecule has 0 aliphatic carbocycles. The lowest BCUT2D eigenvalue weighted by molar-refractivity contribution is 0.848. The second-order valence-corrected chi connectivity index (χ2v) is 2.47. The average Bonchev–Trinajstić information content (AvgIpc) is 2.05. The molecular weight excluding hydrogens is 138 g/mol. The molecule has 0 aromatic carbocycles.